The number of amidine groups is 1. The average molecular weight is 286 g/mol. The molecule has 0 radical (unpaired) electrons. The van der Waals surface area contributed by atoms with Crippen LogP contribution < -0.4 is 9.05 Å². The van der Waals surface area contributed by atoms with Crippen LogP contribution in [0.2, 0.25) is 0 Å². The first-order valence-electron chi connectivity index (χ1n) is 6.30. The van der Waals surface area contributed by atoms with Crippen molar-refractivity contribution in [2.75, 3.05) is 14.1 Å². The van der Waals surface area contributed by atoms with Crippen LogP contribution in [0.5, 0.6) is 11.5 Å². The normalized spacial score (nSPS) is 14.4. The molecule has 0 fully saturated rings. The van der Waals surface area contributed by atoms with Gasteiger partial charge in [0.15, 0.2) is 11.5 Å². The molecule has 0 amide bonds. The molecule has 1 aliphatic rings. The lowest BCUT2D eigenvalue weighted by molar-refractivity contribution is 0.510. The van der Waals surface area contributed by atoms with E-state index in [2.05, 4.69) is 4.99 Å². The second kappa shape index (κ2) is 5.51. The minimum Gasteiger partial charge on any atom is -0.419 e. The van der Waals surface area contributed by atoms with Crippen LogP contribution in [0.25, 0.3) is 0 Å². The second-order valence-corrected chi connectivity index (χ2v) is 5.74. The topological polar surface area (TPSA) is 34.1 Å². The maximum Gasteiger partial charge on any atom is 0.418 e. The van der Waals surface area contributed by atoms with E-state index in [4.69, 9.17) is 9.05 Å². The summed E-state index contributed by atoms with van der Waals surface area (Å²) in [6.07, 6.45) is 0. The van der Waals surface area contributed by atoms with E-state index in [1.165, 1.54) is 0 Å². The second-order valence-electron chi connectivity index (χ2n) is 4.30. The SMILES string of the molecule is CN=C(c1ccccc1)N(C)P1Oc2ccccc2O1. The Hall–Kier alpha value is -2.06. The molecule has 1 aliphatic heterocycles. The van der Waals surface area contributed by atoms with E-state index in [-0.39, 0.29) is 0 Å². The molecule has 20 heavy (non-hydrogen) atoms. The third kappa shape index (κ3) is 2.35. The summed E-state index contributed by atoms with van der Waals surface area (Å²) in [6.45, 7) is 0. The molecule has 0 atom stereocenters. The van der Waals surface area contributed by atoms with Crippen molar-refractivity contribution in [2.24, 2.45) is 4.99 Å². The van der Waals surface area contributed by atoms with Gasteiger partial charge in [-0.25, -0.2) is 0 Å². The van der Waals surface area contributed by atoms with Crippen molar-refractivity contribution in [1.29, 1.82) is 0 Å². The summed E-state index contributed by atoms with van der Waals surface area (Å²) in [4.78, 5) is 4.36. The molecule has 2 aromatic rings. The summed E-state index contributed by atoms with van der Waals surface area (Å²) in [5.41, 5.74) is 1.04. The minimum atomic E-state index is -1.20. The van der Waals surface area contributed by atoms with Gasteiger partial charge in [0.25, 0.3) is 0 Å². The number of rotatable bonds is 2. The Morgan fingerprint density at radius 3 is 2.05 bits per heavy atom. The van der Waals surface area contributed by atoms with Gasteiger partial charge in [-0.1, -0.05) is 42.5 Å². The van der Waals surface area contributed by atoms with Crippen LogP contribution in [0, 0.1) is 0 Å². The highest BCUT2D eigenvalue weighted by atomic mass is 31.2. The van der Waals surface area contributed by atoms with E-state index in [1.807, 2.05) is 66.3 Å². The fraction of sp³-hybridized carbons (Fsp3) is 0.133. The number of benzene rings is 2. The lowest BCUT2D eigenvalue weighted by Gasteiger charge is -2.23. The molecule has 3 rings (SSSR count). The summed E-state index contributed by atoms with van der Waals surface area (Å²) in [5.74, 6) is 2.42. The number of fused-ring (bicyclic) bond motifs is 1. The van der Waals surface area contributed by atoms with E-state index in [0.29, 0.717) is 0 Å². The summed E-state index contributed by atoms with van der Waals surface area (Å²) in [6, 6.07) is 17.7. The first-order valence-corrected chi connectivity index (χ1v) is 7.43. The van der Waals surface area contributed by atoms with Crippen molar-refractivity contribution in [3.05, 3.63) is 60.2 Å². The molecule has 2 aromatic carbocycles. The molecule has 0 aromatic heterocycles. The summed E-state index contributed by atoms with van der Waals surface area (Å²) < 4.78 is 13.7. The van der Waals surface area contributed by atoms with Crippen molar-refractivity contribution >= 4 is 14.4 Å². The van der Waals surface area contributed by atoms with Gasteiger partial charge < -0.3 is 9.05 Å². The number of hydrogen-bond acceptors (Lipinski definition) is 3. The predicted octanol–water partition coefficient (Wildman–Crippen LogP) is 3.69. The maximum atomic E-state index is 5.86. The van der Waals surface area contributed by atoms with E-state index in [0.717, 1.165) is 22.9 Å². The zero-order valence-corrected chi connectivity index (χ0v) is 12.2. The van der Waals surface area contributed by atoms with Crippen LogP contribution in [-0.2, 0) is 0 Å². The number of aliphatic imine (C=N–C) groups is 1. The minimum absolute atomic E-state index is 0.786. The molecule has 0 saturated carbocycles. The molecule has 0 unspecified atom stereocenters. The monoisotopic (exact) mass is 286 g/mol. The van der Waals surface area contributed by atoms with Crippen molar-refractivity contribution in [3.63, 3.8) is 0 Å². The Morgan fingerprint density at radius 1 is 0.950 bits per heavy atom. The van der Waals surface area contributed by atoms with Gasteiger partial charge >= 0.3 is 8.53 Å². The molecule has 1 heterocycles. The van der Waals surface area contributed by atoms with Gasteiger partial charge in [-0.3, -0.25) is 9.66 Å². The van der Waals surface area contributed by atoms with Gasteiger partial charge in [0, 0.05) is 19.7 Å². The standard InChI is InChI=1S/C15H15N2O2P/c1-16-15(12-8-4-3-5-9-12)17(2)20-18-13-10-6-7-11-14(13)19-20/h3-11H,1-2H3. The highest BCUT2D eigenvalue weighted by Crippen LogP contribution is 2.53. The zero-order valence-electron chi connectivity index (χ0n) is 11.4. The Bertz CT molecular complexity index is 606. The van der Waals surface area contributed by atoms with E-state index in [9.17, 15) is 0 Å². The maximum absolute atomic E-state index is 5.86. The first kappa shape index (κ1) is 12.9. The van der Waals surface area contributed by atoms with Gasteiger partial charge in [0.1, 0.15) is 5.84 Å². The van der Waals surface area contributed by atoms with Gasteiger partial charge in [-0.15, -0.1) is 0 Å². The Kier molecular flexibility index (Phi) is 3.57. The first-order chi connectivity index (χ1) is 9.79. The van der Waals surface area contributed by atoms with Crippen molar-refractivity contribution in [2.45, 2.75) is 0 Å². The molecule has 0 saturated heterocycles. The molecule has 0 aliphatic carbocycles. The molecule has 0 N–H and O–H groups in total. The zero-order chi connectivity index (χ0) is 13.9. The van der Waals surface area contributed by atoms with Crippen LogP contribution in [0.3, 0.4) is 0 Å². The average Bonchev–Trinajstić information content (AvgIpc) is 2.93. The number of para-hydroxylation sites is 2. The van der Waals surface area contributed by atoms with E-state index >= 15 is 0 Å². The largest absolute Gasteiger partial charge is 0.419 e. The fourth-order valence-electron chi connectivity index (χ4n) is 2.04. The molecule has 5 heteroatoms. The van der Waals surface area contributed by atoms with Crippen molar-refractivity contribution in [3.8, 4) is 11.5 Å². The van der Waals surface area contributed by atoms with Gasteiger partial charge in [0.2, 0.25) is 0 Å². The Balaban J connectivity index is 1.82. The third-order valence-corrected chi connectivity index (χ3v) is 4.38. The molecule has 102 valence electrons. The van der Waals surface area contributed by atoms with E-state index < -0.39 is 8.53 Å². The fourth-order valence-corrected chi connectivity index (χ4v) is 3.32. The van der Waals surface area contributed by atoms with Crippen LogP contribution in [0.15, 0.2) is 59.6 Å². The molecular formula is C15H15N2O2P. The lowest BCUT2D eigenvalue weighted by Crippen LogP contribution is -2.25. The van der Waals surface area contributed by atoms with Crippen LogP contribution in [0.1, 0.15) is 5.56 Å². The lowest BCUT2D eigenvalue weighted by atomic mass is 10.2. The van der Waals surface area contributed by atoms with Crippen molar-refractivity contribution < 1.29 is 9.05 Å². The Morgan fingerprint density at radius 2 is 1.50 bits per heavy atom. The quantitative estimate of drug-likeness (QED) is 0.479. The van der Waals surface area contributed by atoms with Gasteiger partial charge in [0.05, 0.1) is 0 Å². The highest BCUT2D eigenvalue weighted by molar-refractivity contribution is 7.46. The summed E-state index contributed by atoms with van der Waals surface area (Å²) in [5, 5.41) is 0. The van der Waals surface area contributed by atoms with Crippen molar-refractivity contribution in [1.82, 2.24) is 4.67 Å². The predicted molar refractivity (Wildman–Crippen MR) is 81.3 cm³/mol. The molecule has 0 bridgehead atoms. The number of nitrogens with zero attached hydrogens (tertiary/aromatic N) is 2. The van der Waals surface area contributed by atoms with Crippen LogP contribution >= 0.6 is 8.53 Å². The molecular weight excluding hydrogens is 271 g/mol. The molecule has 0 spiro atoms. The number of hydrogen-bond donors (Lipinski definition) is 0. The van der Waals surface area contributed by atoms with Crippen LogP contribution in [0.4, 0.5) is 0 Å². The van der Waals surface area contributed by atoms with E-state index in [1.54, 1.807) is 7.05 Å². The Labute approximate surface area is 119 Å². The van der Waals surface area contributed by atoms with Gasteiger partial charge in [-0.05, 0) is 12.1 Å². The summed E-state index contributed by atoms with van der Waals surface area (Å²) >= 11 is 0. The van der Waals surface area contributed by atoms with Crippen LogP contribution in [-0.4, -0.2) is 24.6 Å². The highest BCUT2D eigenvalue weighted by Gasteiger charge is 2.32. The smallest absolute Gasteiger partial charge is 0.418 e. The summed E-state index contributed by atoms with van der Waals surface area (Å²) in [7, 11) is 2.51. The van der Waals surface area contributed by atoms with Gasteiger partial charge in [-0.2, -0.15) is 0 Å². The molecule has 4 nitrogen and oxygen atoms in total. The third-order valence-electron chi connectivity index (χ3n) is 3.00.